The van der Waals surface area contributed by atoms with E-state index in [0.29, 0.717) is 12.1 Å². The molecule has 0 aromatic rings. The van der Waals surface area contributed by atoms with Crippen molar-refractivity contribution < 1.29 is 9.53 Å². The minimum atomic E-state index is -0.164. The fourth-order valence-electron chi connectivity index (χ4n) is 3.21. The van der Waals surface area contributed by atoms with Crippen LogP contribution >= 0.6 is 0 Å². The average Bonchev–Trinajstić information content (AvgIpc) is 2.56. The highest BCUT2D eigenvalue weighted by Crippen LogP contribution is 2.39. The third kappa shape index (κ3) is 1.13. The minimum Gasteiger partial charge on any atom is -0.441 e. The van der Waals surface area contributed by atoms with E-state index >= 15 is 0 Å². The molecule has 3 heterocycles. The van der Waals surface area contributed by atoms with E-state index < -0.39 is 0 Å². The topological polar surface area (TPSA) is 41.6 Å². The SMILES string of the molecule is CN1CC2(CC3CCC(C2)N3)OC1=O. The summed E-state index contributed by atoms with van der Waals surface area (Å²) in [6, 6.07) is 1.15. The van der Waals surface area contributed by atoms with Gasteiger partial charge in [0.2, 0.25) is 0 Å². The number of carbonyl (C=O) groups excluding carboxylic acids is 1. The van der Waals surface area contributed by atoms with E-state index in [1.807, 2.05) is 7.05 Å². The number of fused-ring (bicyclic) bond motifs is 2. The van der Waals surface area contributed by atoms with Crippen molar-refractivity contribution in [3.8, 4) is 0 Å². The van der Waals surface area contributed by atoms with E-state index in [0.717, 1.165) is 19.4 Å². The molecule has 3 saturated heterocycles. The second-order valence-corrected chi connectivity index (χ2v) is 4.95. The average molecular weight is 196 g/mol. The lowest BCUT2D eigenvalue weighted by atomic mass is 9.87. The molecule has 2 bridgehead atoms. The van der Waals surface area contributed by atoms with E-state index in [9.17, 15) is 4.79 Å². The molecule has 3 fully saturated rings. The van der Waals surface area contributed by atoms with Crippen LogP contribution in [-0.4, -0.2) is 42.3 Å². The number of hydrogen-bond acceptors (Lipinski definition) is 3. The van der Waals surface area contributed by atoms with Gasteiger partial charge in [0.15, 0.2) is 0 Å². The zero-order chi connectivity index (χ0) is 9.76. The van der Waals surface area contributed by atoms with Gasteiger partial charge >= 0.3 is 6.09 Å². The molecule has 2 atom stereocenters. The molecule has 14 heavy (non-hydrogen) atoms. The number of piperidine rings is 1. The van der Waals surface area contributed by atoms with Crippen LogP contribution in [0.3, 0.4) is 0 Å². The monoisotopic (exact) mass is 196 g/mol. The van der Waals surface area contributed by atoms with Crippen LogP contribution in [0.5, 0.6) is 0 Å². The Kier molecular flexibility index (Phi) is 1.60. The number of amides is 1. The van der Waals surface area contributed by atoms with Crippen molar-refractivity contribution in [2.24, 2.45) is 0 Å². The van der Waals surface area contributed by atoms with Crippen LogP contribution in [0.1, 0.15) is 25.7 Å². The maximum absolute atomic E-state index is 11.4. The van der Waals surface area contributed by atoms with Gasteiger partial charge in [-0.1, -0.05) is 0 Å². The summed E-state index contributed by atoms with van der Waals surface area (Å²) >= 11 is 0. The van der Waals surface area contributed by atoms with Gasteiger partial charge in [0.05, 0.1) is 6.54 Å². The predicted molar refractivity (Wildman–Crippen MR) is 51.0 cm³/mol. The second kappa shape index (κ2) is 2.63. The second-order valence-electron chi connectivity index (χ2n) is 4.95. The first kappa shape index (κ1) is 8.53. The maximum atomic E-state index is 11.4. The van der Waals surface area contributed by atoms with Gasteiger partial charge in [-0.25, -0.2) is 4.79 Å². The van der Waals surface area contributed by atoms with Crippen molar-refractivity contribution in [2.45, 2.75) is 43.4 Å². The van der Waals surface area contributed by atoms with Gasteiger partial charge in [0.25, 0.3) is 0 Å². The van der Waals surface area contributed by atoms with Crippen LogP contribution in [0.25, 0.3) is 0 Å². The maximum Gasteiger partial charge on any atom is 0.410 e. The predicted octanol–water partition coefficient (Wildman–Crippen LogP) is 0.722. The zero-order valence-corrected chi connectivity index (χ0v) is 8.45. The van der Waals surface area contributed by atoms with E-state index in [1.54, 1.807) is 4.90 Å². The van der Waals surface area contributed by atoms with Crippen LogP contribution in [0.15, 0.2) is 0 Å². The molecular formula is C10H16N2O2. The molecule has 4 heteroatoms. The van der Waals surface area contributed by atoms with Crippen LogP contribution in [0.2, 0.25) is 0 Å². The van der Waals surface area contributed by atoms with Gasteiger partial charge in [0, 0.05) is 32.0 Å². The van der Waals surface area contributed by atoms with E-state index in [1.165, 1.54) is 12.8 Å². The first-order valence-corrected chi connectivity index (χ1v) is 5.37. The lowest BCUT2D eigenvalue weighted by Gasteiger charge is -2.35. The molecule has 0 aromatic carbocycles. The van der Waals surface area contributed by atoms with Gasteiger partial charge in [-0.15, -0.1) is 0 Å². The molecule has 0 saturated carbocycles. The van der Waals surface area contributed by atoms with Crippen molar-refractivity contribution in [2.75, 3.05) is 13.6 Å². The molecular weight excluding hydrogens is 180 g/mol. The van der Waals surface area contributed by atoms with Crippen LogP contribution in [0.4, 0.5) is 4.79 Å². The number of ether oxygens (including phenoxy) is 1. The van der Waals surface area contributed by atoms with Crippen molar-refractivity contribution in [1.29, 1.82) is 0 Å². The fraction of sp³-hybridized carbons (Fsp3) is 0.900. The number of hydrogen-bond donors (Lipinski definition) is 1. The summed E-state index contributed by atoms with van der Waals surface area (Å²) in [5, 5.41) is 3.56. The Labute approximate surface area is 83.6 Å². The molecule has 3 aliphatic heterocycles. The molecule has 0 radical (unpaired) electrons. The van der Waals surface area contributed by atoms with Crippen LogP contribution in [-0.2, 0) is 4.74 Å². The Morgan fingerprint density at radius 2 is 2.07 bits per heavy atom. The van der Waals surface area contributed by atoms with Crippen molar-refractivity contribution in [3.05, 3.63) is 0 Å². The van der Waals surface area contributed by atoms with E-state index in [-0.39, 0.29) is 11.7 Å². The number of nitrogens with one attached hydrogen (secondary N) is 1. The number of likely N-dealkylation sites (N-methyl/N-ethyl adjacent to an activating group) is 1. The van der Waals surface area contributed by atoms with Gasteiger partial charge < -0.3 is 15.0 Å². The molecule has 0 aromatic heterocycles. The Morgan fingerprint density at radius 1 is 1.43 bits per heavy atom. The molecule has 3 aliphatic rings. The summed E-state index contributed by atoms with van der Waals surface area (Å²) in [5.41, 5.74) is -0.164. The Hall–Kier alpha value is -0.770. The summed E-state index contributed by atoms with van der Waals surface area (Å²) in [6.07, 6.45) is 4.34. The Morgan fingerprint density at radius 3 is 2.57 bits per heavy atom. The summed E-state index contributed by atoms with van der Waals surface area (Å²) in [7, 11) is 1.82. The van der Waals surface area contributed by atoms with Gasteiger partial charge in [-0.3, -0.25) is 0 Å². The lowest BCUT2D eigenvalue weighted by molar-refractivity contribution is 0.0160. The van der Waals surface area contributed by atoms with E-state index in [2.05, 4.69) is 5.32 Å². The molecule has 1 N–H and O–H groups in total. The smallest absolute Gasteiger partial charge is 0.410 e. The molecule has 1 amide bonds. The molecule has 3 rings (SSSR count). The van der Waals surface area contributed by atoms with Crippen molar-refractivity contribution in [1.82, 2.24) is 10.2 Å². The number of rotatable bonds is 0. The quantitative estimate of drug-likeness (QED) is 0.620. The normalized spacial score (nSPS) is 46.1. The summed E-state index contributed by atoms with van der Waals surface area (Å²) in [4.78, 5) is 13.1. The third-order valence-electron chi connectivity index (χ3n) is 3.71. The number of nitrogens with zero attached hydrogens (tertiary/aromatic N) is 1. The lowest BCUT2D eigenvalue weighted by Crippen LogP contribution is -2.50. The fourth-order valence-corrected chi connectivity index (χ4v) is 3.21. The van der Waals surface area contributed by atoms with Gasteiger partial charge in [0.1, 0.15) is 5.60 Å². The van der Waals surface area contributed by atoms with E-state index in [4.69, 9.17) is 4.74 Å². The molecule has 2 unspecified atom stereocenters. The highest BCUT2D eigenvalue weighted by molar-refractivity contribution is 5.70. The Bertz CT molecular complexity index is 267. The zero-order valence-electron chi connectivity index (χ0n) is 8.45. The van der Waals surface area contributed by atoms with Crippen LogP contribution in [0, 0.1) is 0 Å². The standard InChI is InChI=1S/C10H16N2O2/c1-12-6-10(14-9(12)13)4-7-2-3-8(5-10)11-7/h7-8,11H,2-6H2,1H3. The first-order valence-electron chi connectivity index (χ1n) is 5.37. The molecule has 4 nitrogen and oxygen atoms in total. The van der Waals surface area contributed by atoms with Gasteiger partial charge in [-0.05, 0) is 12.8 Å². The minimum absolute atomic E-state index is 0.147. The number of carbonyl (C=O) groups is 1. The highest BCUT2D eigenvalue weighted by atomic mass is 16.6. The molecule has 0 aliphatic carbocycles. The highest BCUT2D eigenvalue weighted by Gasteiger charge is 2.51. The third-order valence-corrected chi connectivity index (χ3v) is 3.71. The van der Waals surface area contributed by atoms with Crippen LogP contribution < -0.4 is 5.32 Å². The summed E-state index contributed by atoms with van der Waals surface area (Å²) < 4.78 is 5.53. The summed E-state index contributed by atoms with van der Waals surface area (Å²) in [5.74, 6) is 0. The van der Waals surface area contributed by atoms with Crippen molar-refractivity contribution in [3.63, 3.8) is 0 Å². The van der Waals surface area contributed by atoms with Crippen molar-refractivity contribution >= 4 is 6.09 Å². The first-order chi connectivity index (χ1) is 6.67. The molecule has 78 valence electrons. The largest absolute Gasteiger partial charge is 0.441 e. The Balaban J connectivity index is 1.82. The van der Waals surface area contributed by atoms with Gasteiger partial charge in [-0.2, -0.15) is 0 Å². The molecule has 1 spiro atoms. The summed E-state index contributed by atoms with van der Waals surface area (Å²) in [6.45, 7) is 0.778.